The summed E-state index contributed by atoms with van der Waals surface area (Å²) < 4.78 is 0. The Morgan fingerprint density at radius 1 is 1.07 bits per heavy atom. The van der Waals surface area contributed by atoms with Crippen LogP contribution in [0.15, 0.2) is 12.2 Å². The predicted molar refractivity (Wildman–Crippen MR) is 103 cm³/mol. The summed E-state index contributed by atoms with van der Waals surface area (Å²) >= 11 is 0. The Morgan fingerprint density at radius 3 is 2.11 bits per heavy atom. The Bertz CT molecular complexity index is 626. The standard InChI is InChI=1S/C13H24N6.C4H4O4/c1-3-19(4-2)13-17-11(14)16-12(18-13)15-10-8-6-5-7-9-10;5-3(6)1-2-4(7)8/h10H,3-9H2,1-2H3,(H3,14,15,16,17,18);1-2H,(H,5,6)(H,7,8). The molecule has 0 radical (unpaired) electrons. The number of nitrogens with zero attached hydrogens (tertiary/aromatic N) is 4. The van der Waals surface area contributed by atoms with Crippen molar-refractivity contribution in [1.29, 1.82) is 0 Å². The normalized spacial score (nSPS) is 14.3. The Labute approximate surface area is 158 Å². The van der Waals surface area contributed by atoms with Gasteiger partial charge in [0.15, 0.2) is 0 Å². The van der Waals surface area contributed by atoms with Crippen LogP contribution in [0.3, 0.4) is 0 Å². The SMILES string of the molecule is CCN(CC)c1nc(N)nc(NC2CCCCC2)n1.O=C(O)C=CC(=O)O. The lowest BCUT2D eigenvalue weighted by Crippen LogP contribution is -2.27. The number of carboxylic acids is 2. The second kappa shape index (κ2) is 11.7. The molecule has 0 amide bonds. The molecule has 1 aromatic heterocycles. The van der Waals surface area contributed by atoms with E-state index in [2.05, 4.69) is 39.0 Å². The van der Waals surface area contributed by atoms with Gasteiger partial charge in [0.05, 0.1) is 0 Å². The fourth-order valence-electron chi connectivity index (χ4n) is 2.67. The monoisotopic (exact) mass is 380 g/mol. The van der Waals surface area contributed by atoms with E-state index in [0.717, 1.165) is 13.1 Å². The van der Waals surface area contributed by atoms with E-state index in [-0.39, 0.29) is 5.95 Å². The third-order valence-corrected chi connectivity index (χ3v) is 3.99. The van der Waals surface area contributed by atoms with Crippen molar-refractivity contribution in [3.05, 3.63) is 12.2 Å². The van der Waals surface area contributed by atoms with Gasteiger partial charge < -0.3 is 26.2 Å². The second-order valence-corrected chi connectivity index (χ2v) is 5.98. The molecule has 27 heavy (non-hydrogen) atoms. The van der Waals surface area contributed by atoms with Crippen LogP contribution in [0.4, 0.5) is 17.8 Å². The van der Waals surface area contributed by atoms with Crippen LogP contribution in [-0.4, -0.2) is 56.2 Å². The van der Waals surface area contributed by atoms with Crippen LogP contribution in [0.25, 0.3) is 0 Å². The molecule has 5 N–H and O–H groups in total. The lowest BCUT2D eigenvalue weighted by atomic mass is 9.96. The van der Waals surface area contributed by atoms with Crippen molar-refractivity contribution >= 4 is 29.8 Å². The second-order valence-electron chi connectivity index (χ2n) is 5.98. The molecule has 1 saturated carbocycles. The van der Waals surface area contributed by atoms with Gasteiger partial charge in [0.25, 0.3) is 0 Å². The van der Waals surface area contributed by atoms with Crippen molar-refractivity contribution in [2.75, 3.05) is 29.0 Å². The van der Waals surface area contributed by atoms with E-state index in [1.165, 1.54) is 32.1 Å². The molecule has 0 atom stereocenters. The molecule has 1 aliphatic rings. The van der Waals surface area contributed by atoms with Crippen LogP contribution in [0, 0.1) is 0 Å². The molecule has 0 saturated heterocycles. The van der Waals surface area contributed by atoms with Gasteiger partial charge in [0.2, 0.25) is 17.8 Å². The fraction of sp³-hybridized carbons (Fsp3) is 0.588. The van der Waals surface area contributed by atoms with Gasteiger partial charge >= 0.3 is 11.9 Å². The van der Waals surface area contributed by atoms with Gasteiger partial charge in [0.1, 0.15) is 0 Å². The Balaban J connectivity index is 0.000000387. The largest absolute Gasteiger partial charge is 0.478 e. The summed E-state index contributed by atoms with van der Waals surface area (Å²) in [6.07, 6.45) is 7.38. The average Bonchev–Trinajstić information content (AvgIpc) is 2.62. The van der Waals surface area contributed by atoms with Gasteiger partial charge in [-0.1, -0.05) is 19.3 Å². The summed E-state index contributed by atoms with van der Waals surface area (Å²) in [4.78, 5) is 34.1. The molecule has 0 aliphatic heterocycles. The van der Waals surface area contributed by atoms with Crippen molar-refractivity contribution < 1.29 is 19.8 Å². The summed E-state index contributed by atoms with van der Waals surface area (Å²) in [5.74, 6) is -0.952. The number of aliphatic carboxylic acids is 2. The molecule has 10 nitrogen and oxygen atoms in total. The predicted octanol–water partition coefficient (Wildman–Crippen LogP) is 1.76. The zero-order chi connectivity index (χ0) is 20.2. The number of nitrogens with one attached hydrogen (secondary N) is 1. The number of anilines is 3. The van der Waals surface area contributed by atoms with Gasteiger partial charge in [-0.25, -0.2) is 9.59 Å². The van der Waals surface area contributed by atoms with Crippen LogP contribution in [0.5, 0.6) is 0 Å². The van der Waals surface area contributed by atoms with Crippen molar-refractivity contribution in [3.63, 3.8) is 0 Å². The number of hydrogen-bond donors (Lipinski definition) is 4. The first-order valence-corrected chi connectivity index (χ1v) is 9.02. The third kappa shape index (κ3) is 8.84. The highest BCUT2D eigenvalue weighted by Gasteiger charge is 2.16. The van der Waals surface area contributed by atoms with Crippen molar-refractivity contribution in [3.8, 4) is 0 Å². The Hall–Kier alpha value is -2.91. The number of hydrogen-bond acceptors (Lipinski definition) is 8. The van der Waals surface area contributed by atoms with Crippen LogP contribution < -0.4 is 16.0 Å². The maximum atomic E-state index is 9.55. The van der Waals surface area contributed by atoms with E-state index in [4.69, 9.17) is 15.9 Å². The van der Waals surface area contributed by atoms with Gasteiger partial charge in [-0.3, -0.25) is 0 Å². The molecule has 1 aliphatic carbocycles. The minimum absolute atomic E-state index is 0.287. The number of nitrogens with two attached hydrogens (primary N) is 1. The van der Waals surface area contributed by atoms with Gasteiger partial charge in [-0.2, -0.15) is 15.0 Å². The molecule has 1 aromatic rings. The highest BCUT2D eigenvalue weighted by Crippen LogP contribution is 2.21. The molecule has 10 heteroatoms. The zero-order valence-corrected chi connectivity index (χ0v) is 15.8. The van der Waals surface area contributed by atoms with Crippen LogP contribution in [0.2, 0.25) is 0 Å². The summed E-state index contributed by atoms with van der Waals surface area (Å²) in [7, 11) is 0. The molecule has 0 aromatic carbocycles. The number of aromatic nitrogens is 3. The van der Waals surface area contributed by atoms with E-state index >= 15 is 0 Å². The first-order valence-electron chi connectivity index (χ1n) is 9.02. The summed E-state index contributed by atoms with van der Waals surface area (Å²) in [5.41, 5.74) is 5.78. The number of rotatable bonds is 7. The zero-order valence-electron chi connectivity index (χ0n) is 15.8. The average molecular weight is 380 g/mol. The maximum Gasteiger partial charge on any atom is 0.328 e. The van der Waals surface area contributed by atoms with E-state index in [1.807, 2.05) is 0 Å². The molecule has 0 unspecified atom stereocenters. The van der Waals surface area contributed by atoms with E-state index < -0.39 is 11.9 Å². The first-order chi connectivity index (χ1) is 12.8. The number of nitrogen functional groups attached to an aromatic ring is 1. The quantitative estimate of drug-likeness (QED) is 0.514. The van der Waals surface area contributed by atoms with Crippen molar-refractivity contribution in [2.24, 2.45) is 0 Å². The number of carboxylic acid groups (broad SMARTS) is 2. The minimum Gasteiger partial charge on any atom is -0.478 e. The molecule has 1 fully saturated rings. The van der Waals surface area contributed by atoms with Crippen LogP contribution >= 0.6 is 0 Å². The highest BCUT2D eigenvalue weighted by molar-refractivity contribution is 5.89. The highest BCUT2D eigenvalue weighted by atomic mass is 16.4. The van der Waals surface area contributed by atoms with Crippen LogP contribution in [-0.2, 0) is 9.59 Å². The summed E-state index contributed by atoms with van der Waals surface area (Å²) in [6.45, 7) is 5.89. The molecule has 150 valence electrons. The lowest BCUT2D eigenvalue weighted by Gasteiger charge is -2.24. The Kier molecular flexibility index (Phi) is 9.55. The number of carbonyl (C=O) groups is 2. The van der Waals surface area contributed by atoms with Crippen molar-refractivity contribution in [1.82, 2.24) is 15.0 Å². The van der Waals surface area contributed by atoms with Gasteiger partial charge in [-0.15, -0.1) is 0 Å². The molecule has 0 bridgehead atoms. The topological polar surface area (TPSA) is 155 Å². The molecular formula is C17H28N6O4. The summed E-state index contributed by atoms with van der Waals surface area (Å²) in [6, 6.07) is 0.472. The van der Waals surface area contributed by atoms with Crippen LogP contribution in [0.1, 0.15) is 46.0 Å². The van der Waals surface area contributed by atoms with Crippen molar-refractivity contribution in [2.45, 2.75) is 52.0 Å². The maximum absolute atomic E-state index is 9.55. The molecule has 2 rings (SSSR count). The molecule has 0 spiro atoms. The lowest BCUT2D eigenvalue weighted by molar-refractivity contribution is -0.134. The Morgan fingerprint density at radius 2 is 1.63 bits per heavy atom. The van der Waals surface area contributed by atoms with Gasteiger partial charge in [-0.05, 0) is 26.7 Å². The third-order valence-electron chi connectivity index (χ3n) is 3.99. The minimum atomic E-state index is -1.26. The smallest absolute Gasteiger partial charge is 0.328 e. The fourth-order valence-corrected chi connectivity index (χ4v) is 2.67. The van der Waals surface area contributed by atoms with Gasteiger partial charge in [0, 0.05) is 31.3 Å². The molecular weight excluding hydrogens is 352 g/mol. The first kappa shape index (κ1) is 22.1. The van der Waals surface area contributed by atoms with E-state index in [1.54, 1.807) is 0 Å². The molecule has 1 heterocycles. The van der Waals surface area contributed by atoms with E-state index in [0.29, 0.717) is 30.1 Å². The van der Waals surface area contributed by atoms with E-state index in [9.17, 15) is 9.59 Å². The summed E-state index contributed by atoms with van der Waals surface area (Å²) in [5, 5.41) is 19.0.